The number of carbonyl (C=O) groups is 2. The Kier molecular flexibility index (Phi) is 6.41. The Labute approximate surface area is 194 Å². The van der Waals surface area contributed by atoms with Gasteiger partial charge in [0.2, 0.25) is 10.0 Å². The minimum Gasteiger partial charge on any atom is -0.466 e. The van der Waals surface area contributed by atoms with E-state index < -0.39 is 15.9 Å². The number of aryl methyl sites for hydroxylation is 1. The maximum atomic E-state index is 13.0. The summed E-state index contributed by atoms with van der Waals surface area (Å²) in [6.45, 7) is 2.21. The van der Waals surface area contributed by atoms with Crippen molar-refractivity contribution in [1.29, 1.82) is 0 Å². The molecule has 2 N–H and O–H groups in total. The van der Waals surface area contributed by atoms with Crippen molar-refractivity contribution in [2.24, 2.45) is 10.1 Å². The van der Waals surface area contributed by atoms with Crippen LogP contribution in [0.15, 0.2) is 70.6 Å². The molecule has 4 aromatic rings. The Morgan fingerprint density at radius 1 is 1.06 bits per heavy atom. The molecule has 1 amide bonds. The van der Waals surface area contributed by atoms with Gasteiger partial charge in [-0.05, 0) is 48.0 Å². The van der Waals surface area contributed by atoms with Crippen LogP contribution in [-0.4, -0.2) is 31.5 Å². The average Bonchev–Trinajstić information content (AvgIpc) is 3.13. The predicted octanol–water partition coefficient (Wildman–Crippen LogP) is 3.20. The van der Waals surface area contributed by atoms with E-state index in [0.29, 0.717) is 20.6 Å². The number of primary sulfonamides is 1. The number of rotatable bonds is 6. The van der Waals surface area contributed by atoms with Crippen molar-refractivity contribution < 1.29 is 22.7 Å². The van der Waals surface area contributed by atoms with Crippen LogP contribution in [0.2, 0.25) is 0 Å². The molecular formula is C23H21N3O5S2. The summed E-state index contributed by atoms with van der Waals surface area (Å²) in [5.74, 6) is -0.818. The number of esters is 1. The molecule has 3 aromatic carbocycles. The zero-order chi connectivity index (χ0) is 23.6. The van der Waals surface area contributed by atoms with Crippen molar-refractivity contribution in [2.75, 3.05) is 6.61 Å². The second-order valence-electron chi connectivity index (χ2n) is 7.24. The first kappa shape index (κ1) is 22.8. The van der Waals surface area contributed by atoms with Crippen LogP contribution in [0.1, 0.15) is 23.7 Å². The highest BCUT2D eigenvalue weighted by atomic mass is 32.2. The number of thiazole rings is 1. The molecule has 0 aliphatic carbocycles. The first-order valence-corrected chi connectivity index (χ1v) is 12.5. The molecule has 0 bridgehead atoms. The maximum Gasteiger partial charge on any atom is 0.307 e. The van der Waals surface area contributed by atoms with E-state index in [4.69, 9.17) is 9.88 Å². The molecule has 0 spiro atoms. The monoisotopic (exact) mass is 483 g/mol. The van der Waals surface area contributed by atoms with Crippen LogP contribution in [0.3, 0.4) is 0 Å². The molecule has 10 heteroatoms. The van der Waals surface area contributed by atoms with E-state index in [0.717, 1.165) is 22.1 Å². The highest BCUT2D eigenvalue weighted by Crippen LogP contribution is 2.22. The first-order valence-electron chi connectivity index (χ1n) is 10.2. The van der Waals surface area contributed by atoms with Crippen LogP contribution < -0.4 is 9.94 Å². The number of amides is 1. The zero-order valence-electron chi connectivity index (χ0n) is 17.7. The number of carbonyl (C=O) groups excluding carboxylic acids is 2. The van der Waals surface area contributed by atoms with Gasteiger partial charge in [-0.15, -0.1) is 0 Å². The quantitative estimate of drug-likeness (QED) is 0.422. The van der Waals surface area contributed by atoms with Gasteiger partial charge in [-0.1, -0.05) is 41.7 Å². The van der Waals surface area contributed by atoms with Crippen molar-refractivity contribution in [3.8, 4) is 0 Å². The number of sulfonamides is 1. The standard InChI is InChI=1S/C23H21N3O5S2/c1-2-31-21(27)11-12-26-19-10-9-18(33(24,29)30)14-20(19)32-23(26)25-22(28)17-8-7-15-5-3-4-6-16(15)13-17/h3-10,13-14H,2,11-12H2,1H3,(H2,24,29,30). The van der Waals surface area contributed by atoms with E-state index in [2.05, 4.69) is 4.99 Å². The van der Waals surface area contributed by atoms with Crippen molar-refractivity contribution in [3.63, 3.8) is 0 Å². The lowest BCUT2D eigenvalue weighted by Gasteiger charge is -2.06. The number of hydrogen-bond donors (Lipinski definition) is 1. The normalized spacial score (nSPS) is 12.4. The van der Waals surface area contributed by atoms with Crippen molar-refractivity contribution in [3.05, 3.63) is 71.0 Å². The molecule has 0 saturated carbocycles. The van der Waals surface area contributed by atoms with Crippen LogP contribution in [0.5, 0.6) is 0 Å². The summed E-state index contributed by atoms with van der Waals surface area (Å²) in [7, 11) is -3.89. The van der Waals surface area contributed by atoms with Crippen molar-refractivity contribution >= 4 is 54.2 Å². The molecule has 0 fully saturated rings. The Morgan fingerprint density at radius 3 is 2.55 bits per heavy atom. The average molecular weight is 484 g/mol. The molecule has 0 atom stereocenters. The van der Waals surface area contributed by atoms with E-state index in [-0.39, 0.29) is 30.4 Å². The fourth-order valence-corrected chi connectivity index (χ4v) is 5.15. The number of fused-ring (bicyclic) bond motifs is 2. The summed E-state index contributed by atoms with van der Waals surface area (Å²) in [5, 5.41) is 7.19. The van der Waals surface area contributed by atoms with Crippen molar-refractivity contribution in [1.82, 2.24) is 4.57 Å². The fraction of sp³-hybridized carbons (Fsp3) is 0.174. The minimum atomic E-state index is -3.89. The fourth-order valence-electron chi connectivity index (χ4n) is 3.44. The SMILES string of the molecule is CCOC(=O)CCn1c(=NC(=O)c2ccc3ccccc3c2)sc2cc(S(N)(=O)=O)ccc21. The maximum absolute atomic E-state index is 13.0. The lowest BCUT2D eigenvalue weighted by molar-refractivity contribution is -0.143. The predicted molar refractivity (Wildman–Crippen MR) is 126 cm³/mol. The molecule has 4 rings (SSSR count). The molecule has 1 heterocycles. The van der Waals surface area contributed by atoms with Crippen LogP contribution in [0.4, 0.5) is 0 Å². The van der Waals surface area contributed by atoms with Gasteiger partial charge in [-0.2, -0.15) is 4.99 Å². The molecule has 0 aliphatic heterocycles. The highest BCUT2D eigenvalue weighted by molar-refractivity contribution is 7.89. The lowest BCUT2D eigenvalue weighted by atomic mass is 10.1. The van der Waals surface area contributed by atoms with Gasteiger partial charge in [0.1, 0.15) is 0 Å². The van der Waals surface area contributed by atoms with Crippen LogP contribution in [-0.2, 0) is 26.1 Å². The molecule has 0 radical (unpaired) electrons. The zero-order valence-corrected chi connectivity index (χ0v) is 19.4. The molecule has 0 aliphatic rings. The second-order valence-corrected chi connectivity index (χ2v) is 9.82. The Hall–Kier alpha value is -3.34. The highest BCUT2D eigenvalue weighted by Gasteiger charge is 2.15. The largest absolute Gasteiger partial charge is 0.466 e. The summed E-state index contributed by atoms with van der Waals surface area (Å²) in [4.78, 5) is 29.5. The molecule has 33 heavy (non-hydrogen) atoms. The van der Waals surface area contributed by atoms with E-state index in [9.17, 15) is 18.0 Å². The topological polar surface area (TPSA) is 121 Å². The summed E-state index contributed by atoms with van der Waals surface area (Å²) in [6.07, 6.45) is 0.0773. The summed E-state index contributed by atoms with van der Waals surface area (Å²) < 4.78 is 30.8. The number of benzene rings is 3. The van der Waals surface area contributed by atoms with Gasteiger partial charge in [0.05, 0.1) is 28.1 Å². The summed E-state index contributed by atoms with van der Waals surface area (Å²) in [6, 6.07) is 17.5. The van der Waals surface area contributed by atoms with Gasteiger partial charge in [0.25, 0.3) is 5.91 Å². The molecule has 1 aromatic heterocycles. The van der Waals surface area contributed by atoms with E-state index in [1.54, 1.807) is 29.7 Å². The Morgan fingerprint density at radius 2 is 1.82 bits per heavy atom. The van der Waals surface area contributed by atoms with Crippen molar-refractivity contribution in [2.45, 2.75) is 24.8 Å². The number of aromatic nitrogens is 1. The van der Waals surface area contributed by atoms with Gasteiger partial charge in [0, 0.05) is 12.1 Å². The van der Waals surface area contributed by atoms with Gasteiger partial charge in [0.15, 0.2) is 4.80 Å². The molecule has 0 saturated heterocycles. The van der Waals surface area contributed by atoms with E-state index in [1.165, 1.54) is 12.1 Å². The van der Waals surface area contributed by atoms with E-state index in [1.807, 2.05) is 30.3 Å². The number of hydrogen-bond acceptors (Lipinski definition) is 6. The molecule has 170 valence electrons. The first-order chi connectivity index (χ1) is 15.8. The van der Waals surface area contributed by atoms with E-state index >= 15 is 0 Å². The Balaban J connectivity index is 1.80. The molecule has 8 nitrogen and oxygen atoms in total. The van der Waals surface area contributed by atoms with Gasteiger partial charge >= 0.3 is 5.97 Å². The van der Waals surface area contributed by atoms with Gasteiger partial charge < -0.3 is 9.30 Å². The third-order valence-electron chi connectivity index (χ3n) is 5.02. The van der Waals surface area contributed by atoms with Gasteiger partial charge in [-0.25, -0.2) is 13.6 Å². The number of ether oxygens (including phenoxy) is 1. The summed E-state index contributed by atoms with van der Waals surface area (Å²) in [5.41, 5.74) is 1.06. The molecular weight excluding hydrogens is 462 g/mol. The third-order valence-corrected chi connectivity index (χ3v) is 6.97. The number of nitrogens with two attached hydrogens (primary N) is 1. The minimum absolute atomic E-state index is 0.0406. The smallest absolute Gasteiger partial charge is 0.307 e. The number of nitrogens with zero attached hydrogens (tertiary/aromatic N) is 2. The Bertz CT molecular complexity index is 1550. The van der Waals surface area contributed by atoms with Crippen LogP contribution >= 0.6 is 11.3 Å². The van der Waals surface area contributed by atoms with Crippen LogP contribution in [0, 0.1) is 0 Å². The van der Waals surface area contributed by atoms with Gasteiger partial charge in [-0.3, -0.25) is 9.59 Å². The lowest BCUT2D eigenvalue weighted by Crippen LogP contribution is -2.19. The second kappa shape index (κ2) is 9.26. The molecule has 0 unspecified atom stereocenters. The summed E-state index contributed by atoms with van der Waals surface area (Å²) >= 11 is 1.15. The van der Waals surface area contributed by atoms with Crippen LogP contribution in [0.25, 0.3) is 21.0 Å². The third kappa shape index (κ3) is 5.03.